The van der Waals surface area contributed by atoms with Gasteiger partial charge in [-0.1, -0.05) is 46.4 Å². The molecule has 0 saturated carbocycles. The van der Waals surface area contributed by atoms with Crippen LogP contribution in [-0.4, -0.2) is 49.1 Å². The van der Waals surface area contributed by atoms with Crippen LogP contribution in [0.2, 0.25) is 20.4 Å². The van der Waals surface area contributed by atoms with Gasteiger partial charge >= 0.3 is 5.97 Å². The Morgan fingerprint density at radius 3 is 1.77 bits per heavy atom. The van der Waals surface area contributed by atoms with Gasteiger partial charge in [-0.15, -0.1) is 0 Å². The molecule has 2 aliphatic heterocycles. The zero-order valence-corrected chi connectivity index (χ0v) is 31.5. The van der Waals surface area contributed by atoms with E-state index in [1.807, 2.05) is 0 Å². The molecule has 0 unspecified atom stereocenters. The van der Waals surface area contributed by atoms with Crippen LogP contribution < -0.4 is 15.9 Å². The Balaban J connectivity index is 0.000000223. The largest absolute Gasteiger partial charge is 0.506 e. The number of esters is 1. The maximum absolute atomic E-state index is 14.8. The molecule has 2 aromatic carbocycles. The van der Waals surface area contributed by atoms with Crippen LogP contribution in [0.4, 0.5) is 8.78 Å². The van der Waals surface area contributed by atoms with Crippen molar-refractivity contribution in [2.24, 2.45) is 0 Å². The van der Waals surface area contributed by atoms with Gasteiger partial charge in [-0.25, -0.2) is 22.9 Å². The average molecular weight is 805 g/mol. The lowest BCUT2D eigenvalue weighted by molar-refractivity contribution is -0.141. The van der Waals surface area contributed by atoms with Crippen molar-refractivity contribution >= 4 is 52.4 Å². The predicted molar refractivity (Wildman–Crippen MR) is 195 cm³/mol. The van der Waals surface area contributed by atoms with E-state index < -0.39 is 17.6 Å². The van der Waals surface area contributed by atoms with Crippen molar-refractivity contribution < 1.29 is 32.9 Å². The molecule has 0 bridgehead atoms. The van der Waals surface area contributed by atoms with Gasteiger partial charge in [0.25, 0.3) is 11.1 Å². The van der Waals surface area contributed by atoms with Crippen molar-refractivity contribution in [1.29, 1.82) is 0 Å². The molecule has 4 heterocycles. The molecule has 11 nitrogen and oxygen atoms in total. The van der Waals surface area contributed by atoms with Gasteiger partial charge in [0.2, 0.25) is 0 Å². The van der Waals surface area contributed by atoms with Crippen LogP contribution in [0.15, 0.2) is 45.7 Å². The Labute approximate surface area is 317 Å². The highest BCUT2D eigenvalue weighted by molar-refractivity contribution is 6.34. The number of hydrogen-bond acceptors (Lipinski definition) is 7. The number of phenols is 1. The smallest absolute Gasteiger partial charge is 0.334 e. The summed E-state index contributed by atoms with van der Waals surface area (Å²) in [6.45, 7) is 7.66. The van der Waals surface area contributed by atoms with E-state index in [1.165, 1.54) is 21.5 Å². The standard InChI is InChI=1S/C22H25Cl2FN2O5.C13H11Cl2FN2O2/c1-4-30-14(9-19(28)32-13(2)3)12-31-18-10-15(17(25)11-16(18)23)20-21(24)26-7-5-6-8-27(26)22(20)29;14-8-6-9(16)7(5-10(8)19)11-12(15)17-3-1-2-4-18(17)13(11)20/h9-11,13H,4-8,12H2,1-3H3;5-6,19H,1-4H2/b14-9+;. The fourth-order valence-electron chi connectivity index (χ4n) is 5.92. The van der Waals surface area contributed by atoms with Gasteiger partial charge in [-0.3, -0.25) is 19.0 Å². The summed E-state index contributed by atoms with van der Waals surface area (Å²) in [5, 5.41) is 9.88. The molecule has 17 heteroatoms. The van der Waals surface area contributed by atoms with E-state index in [4.69, 9.17) is 60.6 Å². The lowest BCUT2D eigenvalue weighted by atomic mass is 10.1. The third kappa shape index (κ3) is 8.33. The zero-order valence-electron chi connectivity index (χ0n) is 28.5. The summed E-state index contributed by atoms with van der Waals surface area (Å²) in [6, 6.07) is 4.51. The van der Waals surface area contributed by atoms with Crippen molar-refractivity contribution in [3.05, 3.63) is 88.8 Å². The van der Waals surface area contributed by atoms with E-state index in [0.717, 1.165) is 43.9 Å². The highest BCUT2D eigenvalue weighted by atomic mass is 35.5. The molecule has 0 amide bonds. The Kier molecular flexibility index (Phi) is 12.7. The molecule has 2 aromatic heterocycles. The minimum atomic E-state index is -0.689. The van der Waals surface area contributed by atoms with Crippen LogP contribution in [0.3, 0.4) is 0 Å². The molecule has 0 aliphatic carbocycles. The fourth-order valence-corrected chi connectivity index (χ4v) is 6.99. The number of fused-ring (bicyclic) bond motifs is 2. The van der Waals surface area contributed by atoms with Crippen LogP contribution >= 0.6 is 46.4 Å². The van der Waals surface area contributed by atoms with Crippen LogP contribution in [0.5, 0.6) is 11.5 Å². The molecular weight excluding hydrogens is 768 g/mol. The first-order chi connectivity index (χ1) is 24.7. The van der Waals surface area contributed by atoms with Crippen molar-refractivity contribution in [3.63, 3.8) is 0 Å². The maximum Gasteiger partial charge on any atom is 0.334 e. The van der Waals surface area contributed by atoms with Crippen molar-refractivity contribution in [2.75, 3.05) is 13.2 Å². The van der Waals surface area contributed by atoms with E-state index >= 15 is 0 Å². The molecule has 4 aromatic rings. The lowest BCUT2D eigenvalue weighted by Crippen LogP contribution is -2.27. The monoisotopic (exact) mass is 802 g/mol. The first-order valence-corrected chi connectivity index (χ1v) is 18.1. The molecule has 52 heavy (non-hydrogen) atoms. The minimum Gasteiger partial charge on any atom is -0.506 e. The van der Waals surface area contributed by atoms with Crippen LogP contribution in [0, 0.1) is 11.6 Å². The van der Waals surface area contributed by atoms with Gasteiger partial charge in [-0.05, 0) is 70.7 Å². The van der Waals surface area contributed by atoms with E-state index in [2.05, 4.69) is 0 Å². The molecule has 6 rings (SSSR count). The summed E-state index contributed by atoms with van der Waals surface area (Å²) in [4.78, 5) is 37.1. The minimum absolute atomic E-state index is 0.00467. The molecule has 0 radical (unpaired) electrons. The summed E-state index contributed by atoms with van der Waals surface area (Å²) in [7, 11) is 0. The maximum atomic E-state index is 14.8. The lowest BCUT2D eigenvalue weighted by Gasteiger charge is -2.17. The van der Waals surface area contributed by atoms with Crippen molar-refractivity contribution in [3.8, 4) is 33.8 Å². The Morgan fingerprint density at radius 1 is 0.808 bits per heavy atom. The average Bonchev–Trinajstić information content (AvgIpc) is 3.50. The molecule has 0 atom stereocenters. The number of aromatic hydroxyl groups is 1. The van der Waals surface area contributed by atoms with E-state index in [1.54, 1.807) is 30.1 Å². The second-order valence-electron chi connectivity index (χ2n) is 12.2. The summed E-state index contributed by atoms with van der Waals surface area (Å²) in [5.74, 6) is -1.89. The molecule has 2 aliphatic rings. The second-order valence-corrected chi connectivity index (χ2v) is 13.7. The number of rotatable bonds is 9. The van der Waals surface area contributed by atoms with E-state index in [9.17, 15) is 28.3 Å². The number of carbonyl (C=O) groups is 1. The van der Waals surface area contributed by atoms with E-state index in [-0.39, 0.29) is 83.7 Å². The van der Waals surface area contributed by atoms with Crippen LogP contribution in [-0.2, 0) is 40.4 Å². The number of ether oxygens (including phenoxy) is 3. The normalized spacial score (nSPS) is 14.0. The molecular formula is C35H36Cl4F2N4O7. The van der Waals surface area contributed by atoms with Gasteiger partial charge < -0.3 is 19.3 Å². The van der Waals surface area contributed by atoms with Gasteiger partial charge in [-0.2, -0.15) is 0 Å². The molecule has 1 N–H and O–H groups in total. The van der Waals surface area contributed by atoms with Gasteiger partial charge in [0.15, 0.2) is 0 Å². The Hall–Kier alpha value is -3.91. The summed E-state index contributed by atoms with van der Waals surface area (Å²) in [5.41, 5.74) is -0.624. The number of hydrogen-bond donors (Lipinski definition) is 1. The van der Waals surface area contributed by atoms with Crippen molar-refractivity contribution in [2.45, 2.75) is 78.7 Å². The Bertz CT molecular complexity index is 2140. The third-order valence-electron chi connectivity index (χ3n) is 8.25. The molecule has 0 spiro atoms. The number of aromatic nitrogens is 4. The number of phenolic OH excluding ortho intramolecular Hbond substituents is 1. The first kappa shape index (κ1) is 39.3. The first-order valence-electron chi connectivity index (χ1n) is 16.6. The van der Waals surface area contributed by atoms with Gasteiger partial charge in [0.05, 0.1) is 40.0 Å². The van der Waals surface area contributed by atoms with Crippen LogP contribution in [0.1, 0.15) is 46.5 Å². The number of carbonyl (C=O) groups excluding carboxylic acids is 1. The van der Waals surface area contributed by atoms with Crippen molar-refractivity contribution in [1.82, 2.24) is 18.7 Å². The summed E-state index contributed by atoms with van der Waals surface area (Å²) < 4.78 is 51.4. The number of halogens is 6. The second kappa shape index (κ2) is 16.8. The zero-order chi connectivity index (χ0) is 37.9. The molecule has 0 fully saturated rings. The van der Waals surface area contributed by atoms with Gasteiger partial charge in [0, 0.05) is 37.3 Å². The number of benzene rings is 2. The highest BCUT2D eigenvalue weighted by Gasteiger charge is 2.26. The van der Waals surface area contributed by atoms with Gasteiger partial charge in [0.1, 0.15) is 45.8 Å². The summed E-state index contributed by atoms with van der Waals surface area (Å²) >= 11 is 24.5. The Morgan fingerprint density at radius 2 is 1.29 bits per heavy atom. The highest BCUT2D eigenvalue weighted by Crippen LogP contribution is 2.37. The van der Waals surface area contributed by atoms with E-state index in [0.29, 0.717) is 32.8 Å². The fraction of sp³-hybridized carbons (Fsp3) is 0.400. The quantitative estimate of drug-likeness (QED) is 0.103. The SMILES string of the molecule is CCO/C(=C/C(=O)OC(C)C)COc1cc(-c2c(Cl)n3n(c2=O)CCCC3)c(F)cc1Cl.O=c1c(-c2cc(O)c(Cl)cc2F)c(Cl)n2n1CCCC2. The number of nitrogens with zero attached hydrogens (tertiary/aromatic N) is 4. The topological polar surface area (TPSA) is 119 Å². The summed E-state index contributed by atoms with van der Waals surface area (Å²) in [6.07, 6.45) is 4.44. The third-order valence-corrected chi connectivity index (χ3v) is 9.62. The van der Waals surface area contributed by atoms with Crippen LogP contribution in [0.25, 0.3) is 22.3 Å². The molecule has 280 valence electrons. The molecule has 0 saturated heterocycles. The predicted octanol–water partition coefficient (Wildman–Crippen LogP) is 8.07.